The van der Waals surface area contributed by atoms with Gasteiger partial charge in [-0.3, -0.25) is 28.8 Å². The zero-order chi connectivity index (χ0) is 19.2. The molecule has 0 fully saturated rings. The van der Waals surface area contributed by atoms with Crippen LogP contribution in [-0.4, -0.2) is 74.7 Å². The average molecular weight is 359 g/mol. The highest BCUT2D eigenvalue weighted by Gasteiger charge is 2.09. The number of carbonyl (C=O) groups excluding carboxylic acids is 6. The molecular weight excluding hydrogens is 338 g/mol. The average Bonchev–Trinajstić information content (AvgIpc) is 2.58. The largest absolute Gasteiger partial charge is 0.368 e. The van der Waals surface area contributed by atoms with E-state index in [1.165, 1.54) is 0 Å². The van der Waals surface area contributed by atoms with Gasteiger partial charge in [-0.05, 0) is 0 Å². The molecule has 0 atom stereocenters. The van der Waals surface area contributed by atoms with E-state index in [2.05, 4.69) is 26.6 Å². The van der Waals surface area contributed by atoms with Gasteiger partial charge in [0.25, 0.3) is 0 Å². The lowest BCUT2D eigenvalue weighted by Crippen LogP contribution is -2.46. The number of rotatable bonds is 11. The van der Waals surface area contributed by atoms with E-state index in [1.807, 2.05) is 0 Å². The van der Waals surface area contributed by atoms with Crippen LogP contribution in [0.1, 0.15) is 0 Å². The van der Waals surface area contributed by atoms with Crippen molar-refractivity contribution >= 4 is 35.4 Å². The maximum absolute atomic E-state index is 11.4. The number of nitrogens with one attached hydrogen (secondary N) is 5. The van der Waals surface area contributed by atoms with Crippen LogP contribution in [0.5, 0.6) is 0 Å². The molecular formula is C12H21N7O6. The number of nitrogens with two attached hydrogens (primary N) is 2. The van der Waals surface area contributed by atoms with Gasteiger partial charge < -0.3 is 38.1 Å². The van der Waals surface area contributed by atoms with Crippen LogP contribution in [0.3, 0.4) is 0 Å². The van der Waals surface area contributed by atoms with Crippen molar-refractivity contribution in [1.29, 1.82) is 0 Å². The Balaban J connectivity index is 3.81. The summed E-state index contributed by atoms with van der Waals surface area (Å²) in [7, 11) is 0. The molecule has 6 amide bonds. The third-order valence-electron chi connectivity index (χ3n) is 2.43. The molecule has 0 aliphatic heterocycles. The Bertz CT molecular complexity index is 536. The van der Waals surface area contributed by atoms with Gasteiger partial charge in [-0.25, -0.2) is 0 Å². The minimum Gasteiger partial charge on any atom is -0.368 e. The summed E-state index contributed by atoms with van der Waals surface area (Å²) in [5.74, 6) is -3.76. The predicted molar refractivity (Wildman–Crippen MR) is 83.3 cm³/mol. The van der Waals surface area contributed by atoms with Crippen molar-refractivity contribution in [3.05, 3.63) is 0 Å². The summed E-state index contributed by atoms with van der Waals surface area (Å²) >= 11 is 0. The first kappa shape index (κ1) is 21.8. The lowest BCUT2D eigenvalue weighted by Gasteiger charge is -2.08. The molecule has 0 rings (SSSR count). The summed E-state index contributed by atoms with van der Waals surface area (Å²) in [6.07, 6.45) is 0. The Kier molecular flexibility index (Phi) is 10.7. The third-order valence-corrected chi connectivity index (χ3v) is 2.43. The van der Waals surface area contributed by atoms with Gasteiger partial charge in [0.05, 0.1) is 39.3 Å². The van der Waals surface area contributed by atoms with Crippen molar-refractivity contribution in [3.63, 3.8) is 0 Å². The molecule has 13 heteroatoms. The molecule has 25 heavy (non-hydrogen) atoms. The lowest BCUT2D eigenvalue weighted by molar-refractivity contribution is -0.129. The Morgan fingerprint density at radius 2 is 0.800 bits per heavy atom. The smallest absolute Gasteiger partial charge is 0.239 e. The van der Waals surface area contributed by atoms with E-state index in [4.69, 9.17) is 11.5 Å². The van der Waals surface area contributed by atoms with E-state index in [0.717, 1.165) is 0 Å². The zero-order valence-corrected chi connectivity index (χ0v) is 13.3. The van der Waals surface area contributed by atoms with Crippen molar-refractivity contribution in [2.75, 3.05) is 39.3 Å². The van der Waals surface area contributed by atoms with E-state index >= 15 is 0 Å². The molecule has 9 N–H and O–H groups in total. The zero-order valence-electron chi connectivity index (χ0n) is 13.3. The summed E-state index contributed by atoms with van der Waals surface area (Å²) < 4.78 is 0. The van der Waals surface area contributed by atoms with E-state index in [0.29, 0.717) is 0 Å². The summed E-state index contributed by atoms with van der Waals surface area (Å²) in [6.45, 7) is -2.14. The standard InChI is InChI=1S/C12H21N7O6/c13-1-8(21)16-3-10(23)18-5-12(25)19-6-11(24)17-4-9(22)15-2-7(14)20/h1-6,13H2,(H2,14,20)(H,15,22)(H,16,21)(H,17,24)(H,18,23)(H,19,25). The van der Waals surface area contributed by atoms with Crippen LogP contribution in [0.4, 0.5) is 0 Å². The first-order valence-electron chi connectivity index (χ1n) is 7.06. The number of primary amides is 1. The minimum absolute atomic E-state index is 0.260. The number of amides is 6. The summed E-state index contributed by atoms with van der Waals surface area (Å²) in [5.41, 5.74) is 9.85. The van der Waals surface area contributed by atoms with E-state index in [-0.39, 0.29) is 26.2 Å². The highest BCUT2D eigenvalue weighted by atomic mass is 16.2. The summed E-state index contributed by atoms with van der Waals surface area (Å²) in [5, 5.41) is 11.0. The van der Waals surface area contributed by atoms with Gasteiger partial charge in [-0.15, -0.1) is 0 Å². The number of hydrogen-bond acceptors (Lipinski definition) is 7. The number of hydrogen-bond donors (Lipinski definition) is 7. The first-order chi connectivity index (χ1) is 11.7. The lowest BCUT2D eigenvalue weighted by atomic mass is 10.4. The number of carbonyl (C=O) groups is 6. The van der Waals surface area contributed by atoms with Gasteiger partial charge in [0.2, 0.25) is 35.4 Å². The van der Waals surface area contributed by atoms with E-state index in [9.17, 15) is 28.8 Å². The molecule has 0 aliphatic carbocycles. The van der Waals surface area contributed by atoms with Crippen LogP contribution in [0, 0.1) is 0 Å². The second-order valence-corrected chi connectivity index (χ2v) is 4.55. The Morgan fingerprint density at radius 3 is 1.08 bits per heavy atom. The molecule has 0 saturated carbocycles. The van der Waals surface area contributed by atoms with E-state index in [1.54, 1.807) is 0 Å². The highest BCUT2D eigenvalue weighted by molar-refractivity contribution is 5.91. The first-order valence-corrected chi connectivity index (χ1v) is 7.06. The molecule has 0 aromatic rings. The molecule has 0 saturated heterocycles. The Labute approximate surface area is 142 Å². The maximum atomic E-state index is 11.4. The van der Waals surface area contributed by atoms with Gasteiger partial charge in [0.15, 0.2) is 0 Å². The molecule has 0 radical (unpaired) electrons. The maximum Gasteiger partial charge on any atom is 0.239 e. The molecule has 0 aromatic heterocycles. The molecule has 0 bridgehead atoms. The second kappa shape index (κ2) is 12.2. The van der Waals surface area contributed by atoms with Crippen molar-refractivity contribution < 1.29 is 28.8 Å². The topological polar surface area (TPSA) is 215 Å². The van der Waals surface area contributed by atoms with Gasteiger partial charge in [0, 0.05) is 0 Å². The van der Waals surface area contributed by atoms with Gasteiger partial charge in [-0.1, -0.05) is 0 Å². The van der Waals surface area contributed by atoms with Gasteiger partial charge in [-0.2, -0.15) is 0 Å². The fourth-order valence-corrected chi connectivity index (χ4v) is 1.22. The van der Waals surface area contributed by atoms with Crippen molar-refractivity contribution in [2.24, 2.45) is 11.5 Å². The molecule has 0 heterocycles. The van der Waals surface area contributed by atoms with Crippen LogP contribution in [0.15, 0.2) is 0 Å². The van der Waals surface area contributed by atoms with E-state index < -0.39 is 48.5 Å². The SMILES string of the molecule is NCC(=O)NCC(=O)NCC(=O)NCC(=O)NCC(=O)NCC(N)=O. The highest BCUT2D eigenvalue weighted by Crippen LogP contribution is 1.71. The minimum atomic E-state index is -0.725. The molecule has 0 aliphatic rings. The molecule has 0 unspecified atom stereocenters. The Hall–Kier alpha value is -3.22. The van der Waals surface area contributed by atoms with Crippen molar-refractivity contribution in [3.8, 4) is 0 Å². The normalized spacial score (nSPS) is 9.48. The monoisotopic (exact) mass is 359 g/mol. The van der Waals surface area contributed by atoms with Gasteiger partial charge >= 0.3 is 0 Å². The fraction of sp³-hybridized carbons (Fsp3) is 0.500. The molecule has 13 nitrogen and oxygen atoms in total. The predicted octanol–water partition coefficient (Wildman–Crippen LogP) is -5.99. The van der Waals surface area contributed by atoms with Crippen molar-refractivity contribution in [1.82, 2.24) is 26.6 Å². The molecule has 0 aromatic carbocycles. The van der Waals surface area contributed by atoms with Crippen LogP contribution in [0.2, 0.25) is 0 Å². The van der Waals surface area contributed by atoms with Crippen molar-refractivity contribution in [2.45, 2.75) is 0 Å². The molecule has 0 spiro atoms. The van der Waals surface area contributed by atoms with Crippen LogP contribution >= 0.6 is 0 Å². The second-order valence-electron chi connectivity index (χ2n) is 4.55. The summed E-state index contributed by atoms with van der Waals surface area (Å²) in [6, 6.07) is 0. The Morgan fingerprint density at radius 1 is 0.520 bits per heavy atom. The van der Waals surface area contributed by atoms with Crippen LogP contribution < -0.4 is 38.1 Å². The van der Waals surface area contributed by atoms with Gasteiger partial charge in [0.1, 0.15) is 0 Å². The third kappa shape index (κ3) is 13.0. The fourth-order valence-electron chi connectivity index (χ4n) is 1.22. The van der Waals surface area contributed by atoms with Crippen LogP contribution in [0.25, 0.3) is 0 Å². The quantitative estimate of drug-likeness (QED) is 0.189. The van der Waals surface area contributed by atoms with Crippen LogP contribution in [-0.2, 0) is 28.8 Å². The summed E-state index contributed by atoms with van der Waals surface area (Å²) in [4.78, 5) is 66.6. The molecule has 140 valence electrons.